The van der Waals surface area contributed by atoms with Crippen molar-refractivity contribution in [3.63, 3.8) is 0 Å². The average molecular weight is 418 g/mol. The molecule has 4 rings (SSSR count). The number of ether oxygens (including phenoxy) is 1. The lowest BCUT2D eigenvalue weighted by Gasteiger charge is -2.15. The van der Waals surface area contributed by atoms with Crippen molar-refractivity contribution in [1.82, 2.24) is 4.98 Å². The first kappa shape index (κ1) is 20.0. The second kappa shape index (κ2) is 7.49. The number of nitrogens with zero attached hydrogens (tertiary/aromatic N) is 1. The number of carbonyl (C=O) groups excluding carboxylic acids is 1. The number of cyclic esters (lactones) is 1. The summed E-state index contributed by atoms with van der Waals surface area (Å²) in [5.74, 6) is 0. The fourth-order valence-corrected chi connectivity index (χ4v) is 3.55. The highest BCUT2D eigenvalue weighted by molar-refractivity contribution is 5.94. The minimum atomic E-state index is -4.56. The van der Waals surface area contributed by atoms with Crippen molar-refractivity contribution in [2.45, 2.75) is 18.7 Å². The molecular weight excluding hydrogens is 401 g/mol. The Kier molecular flexibility index (Phi) is 4.98. The molecule has 156 valence electrons. The Morgan fingerprint density at radius 2 is 1.90 bits per heavy atom. The van der Waals surface area contributed by atoms with E-state index in [-0.39, 0.29) is 29.8 Å². The Morgan fingerprint density at radius 1 is 1.13 bits per heavy atom. The maximum atomic E-state index is 13.3. The molecule has 30 heavy (non-hydrogen) atoms. The number of aromatic amines is 1. The molecule has 1 aromatic heterocycles. The summed E-state index contributed by atoms with van der Waals surface area (Å²) in [5, 5.41) is 9.69. The van der Waals surface area contributed by atoms with Crippen molar-refractivity contribution in [3.8, 4) is 11.3 Å². The van der Waals surface area contributed by atoms with Crippen LogP contribution >= 0.6 is 0 Å². The normalized spacial score (nSPS) is 16.9. The molecule has 6 nitrogen and oxygen atoms in total. The molecule has 0 aliphatic carbocycles. The van der Waals surface area contributed by atoms with Gasteiger partial charge in [0.15, 0.2) is 0 Å². The Hall–Kier alpha value is -3.33. The number of aromatic nitrogens is 1. The standard InChI is InChI=1S/C21H17F3N2O4/c22-21(23,24)17-4-2-1-3-15(17)18-9-12-5-6-13(10-16(12)19(28)25-18)26-11-14(7-8-27)30-20(26)29/h1-6,9-10,14,27H,7-8,11H2,(H,25,28)/t14-/m0/s1. The number of halogens is 3. The van der Waals surface area contributed by atoms with Crippen LogP contribution < -0.4 is 10.5 Å². The first-order chi connectivity index (χ1) is 14.3. The molecule has 0 saturated carbocycles. The predicted octanol–water partition coefficient (Wildman–Crippen LogP) is 3.92. The zero-order valence-corrected chi connectivity index (χ0v) is 15.6. The van der Waals surface area contributed by atoms with Gasteiger partial charge in [-0.05, 0) is 29.7 Å². The molecule has 0 radical (unpaired) electrons. The summed E-state index contributed by atoms with van der Waals surface area (Å²) < 4.78 is 45.2. The van der Waals surface area contributed by atoms with Gasteiger partial charge in [0.1, 0.15) is 6.10 Å². The molecular formula is C21H17F3N2O4. The first-order valence-electron chi connectivity index (χ1n) is 9.20. The van der Waals surface area contributed by atoms with Crippen LogP contribution in [0.1, 0.15) is 12.0 Å². The third kappa shape index (κ3) is 3.63. The van der Waals surface area contributed by atoms with E-state index >= 15 is 0 Å². The predicted molar refractivity (Wildman–Crippen MR) is 104 cm³/mol. The molecule has 1 amide bonds. The van der Waals surface area contributed by atoms with Gasteiger partial charge in [0.25, 0.3) is 5.56 Å². The zero-order valence-electron chi connectivity index (χ0n) is 15.6. The van der Waals surface area contributed by atoms with E-state index in [0.717, 1.165) is 6.07 Å². The van der Waals surface area contributed by atoms with Gasteiger partial charge >= 0.3 is 12.3 Å². The van der Waals surface area contributed by atoms with Crippen LogP contribution in [0.2, 0.25) is 0 Å². The van der Waals surface area contributed by atoms with E-state index in [4.69, 9.17) is 9.84 Å². The number of anilines is 1. The number of hydrogen-bond acceptors (Lipinski definition) is 4. The molecule has 2 aromatic carbocycles. The zero-order chi connectivity index (χ0) is 21.5. The average Bonchev–Trinajstić information content (AvgIpc) is 3.07. The number of hydrogen-bond donors (Lipinski definition) is 2. The fourth-order valence-electron chi connectivity index (χ4n) is 3.55. The van der Waals surface area contributed by atoms with E-state index in [0.29, 0.717) is 17.5 Å². The number of aliphatic hydroxyl groups is 1. The van der Waals surface area contributed by atoms with Gasteiger partial charge in [-0.3, -0.25) is 9.69 Å². The summed E-state index contributed by atoms with van der Waals surface area (Å²) in [7, 11) is 0. The van der Waals surface area contributed by atoms with Crippen molar-refractivity contribution >= 4 is 22.6 Å². The molecule has 2 heterocycles. The number of H-pyrrole nitrogens is 1. The number of pyridine rings is 1. The van der Waals surface area contributed by atoms with Crippen LogP contribution in [0, 0.1) is 0 Å². The Balaban J connectivity index is 1.75. The van der Waals surface area contributed by atoms with Crippen LogP contribution in [0.4, 0.5) is 23.7 Å². The highest BCUT2D eigenvalue weighted by Crippen LogP contribution is 2.36. The molecule has 1 fully saturated rings. The largest absolute Gasteiger partial charge is 0.444 e. The van der Waals surface area contributed by atoms with Crippen LogP contribution in [0.25, 0.3) is 22.0 Å². The molecule has 9 heteroatoms. The summed E-state index contributed by atoms with van der Waals surface area (Å²) in [6.07, 6.45) is -5.29. The number of carbonyl (C=O) groups is 1. The fraction of sp³-hybridized carbons (Fsp3) is 0.238. The molecule has 0 bridgehead atoms. The van der Waals surface area contributed by atoms with Gasteiger partial charge in [0.05, 0.1) is 12.1 Å². The quantitative estimate of drug-likeness (QED) is 0.673. The maximum absolute atomic E-state index is 13.3. The number of nitrogens with one attached hydrogen (secondary N) is 1. The first-order valence-corrected chi connectivity index (χ1v) is 9.20. The van der Waals surface area contributed by atoms with Crippen LogP contribution in [-0.2, 0) is 10.9 Å². The SMILES string of the molecule is O=C1O[C@@H](CCO)CN1c1ccc2cc(-c3ccccc3C(F)(F)F)[nH]c(=O)c2c1. The Labute approximate surface area is 168 Å². The van der Waals surface area contributed by atoms with E-state index in [1.807, 2.05) is 0 Å². The lowest BCUT2D eigenvalue weighted by Crippen LogP contribution is -2.25. The number of alkyl halides is 3. The van der Waals surface area contributed by atoms with E-state index in [1.165, 1.54) is 35.2 Å². The lowest BCUT2D eigenvalue weighted by atomic mass is 10.0. The van der Waals surface area contributed by atoms with Gasteiger partial charge in [0.2, 0.25) is 0 Å². The second-order valence-corrected chi connectivity index (χ2v) is 6.96. The smallest absolute Gasteiger partial charge is 0.417 e. The maximum Gasteiger partial charge on any atom is 0.417 e. The number of amides is 1. The Bertz CT molecular complexity index is 1170. The van der Waals surface area contributed by atoms with Crippen LogP contribution in [0.15, 0.2) is 53.3 Å². The third-order valence-electron chi connectivity index (χ3n) is 4.99. The van der Waals surface area contributed by atoms with Gasteiger partial charge in [-0.2, -0.15) is 13.2 Å². The Morgan fingerprint density at radius 3 is 2.63 bits per heavy atom. The van der Waals surface area contributed by atoms with Crippen molar-refractivity contribution in [2.24, 2.45) is 0 Å². The van der Waals surface area contributed by atoms with Crippen molar-refractivity contribution in [3.05, 3.63) is 64.4 Å². The van der Waals surface area contributed by atoms with E-state index in [1.54, 1.807) is 12.1 Å². The second-order valence-electron chi connectivity index (χ2n) is 6.96. The number of rotatable bonds is 4. The molecule has 1 saturated heterocycles. The number of benzene rings is 2. The van der Waals surface area contributed by atoms with Crippen LogP contribution in [-0.4, -0.2) is 35.4 Å². The van der Waals surface area contributed by atoms with E-state index in [9.17, 15) is 22.8 Å². The summed E-state index contributed by atoms with van der Waals surface area (Å²) in [5.41, 5.74) is -1.05. The van der Waals surface area contributed by atoms with Crippen molar-refractivity contribution in [1.29, 1.82) is 0 Å². The molecule has 2 N–H and O–H groups in total. The number of fused-ring (bicyclic) bond motifs is 1. The van der Waals surface area contributed by atoms with Gasteiger partial charge in [-0.1, -0.05) is 24.3 Å². The number of aliphatic hydroxyl groups excluding tert-OH is 1. The highest BCUT2D eigenvalue weighted by atomic mass is 19.4. The molecule has 1 aliphatic rings. The van der Waals surface area contributed by atoms with Crippen molar-refractivity contribution < 1.29 is 27.8 Å². The minimum absolute atomic E-state index is 0.0526. The summed E-state index contributed by atoms with van der Waals surface area (Å²) in [4.78, 5) is 28.6. The summed E-state index contributed by atoms with van der Waals surface area (Å²) in [6.45, 7) is 0.116. The van der Waals surface area contributed by atoms with Crippen molar-refractivity contribution in [2.75, 3.05) is 18.1 Å². The minimum Gasteiger partial charge on any atom is -0.444 e. The molecule has 1 atom stereocenters. The molecule has 0 unspecified atom stereocenters. The monoisotopic (exact) mass is 418 g/mol. The molecule has 1 aliphatic heterocycles. The third-order valence-corrected chi connectivity index (χ3v) is 4.99. The van der Waals surface area contributed by atoms with Gasteiger partial charge in [-0.25, -0.2) is 4.79 Å². The topological polar surface area (TPSA) is 82.6 Å². The highest BCUT2D eigenvalue weighted by Gasteiger charge is 2.34. The summed E-state index contributed by atoms with van der Waals surface area (Å²) >= 11 is 0. The van der Waals surface area contributed by atoms with E-state index in [2.05, 4.69) is 4.98 Å². The molecule has 0 spiro atoms. The van der Waals surface area contributed by atoms with Crippen LogP contribution in [0.5, 0.6) is 0 Å². The van der Waals surface area contributed by atoms with Gasteiger partial charge < -0.3 is 14.8 Å². The summed E-state index contributed by atoms with van der Waals surface area (Å²) in [6, 6.07) is 11.2. The molecule has 3 aromatic rings. The van der Waals surface area contributed by atoms with Gasteiger partial charge in [0, 0.05) is 35.4 Å². The van der Waals surface area contributed by atoms with Gasteiger partial charge in [-0.15, -0.1) is 0 Å². The lowest BCUT2D eigenvalue weighted by molar-refractivity contribution is -0.137. The van der Waals surface area contributed by atoms with Crippen LogP contribution in [0.3, 0.4) is 0 Å². The van der Waals surface area contributed by atoms with E-state index < -0.39 is 29.5 Å².